The van der Waals surface area contributed by atoms with Crippen molar-refractivity contribution in [1.29, 1.82) is 0 Å². The molecule has 2 N–H and O–H groups in total. The molecule has 0 aliphatic carbocycles. The molecule has 2 bridgehead atoms. The van der Waals surface area contributed by atoms with Gasteiger partial charge in [-0.05, 0) is 22.9 Å². The predicted octanol–water partition coefficient (Wildman–Crippen LogP) is 3.66. The van der Waals surface area contributed by atoms with E-state index in [2.05, 4.69) is 15.3 Å². The summed E-state index contributed by atoms with van der Waals surface area (Å²) in [4.78, 5) is 32.5. The average molecular weight is 437 g/mol. The van der Waals surface area contributed by atoms with Crippen molar-refractivity contribution < 1.29 is 18.3 Å². The fraction of sp³-hybridized carbons (Fsp3) is 0.217. The Balaban J connectivity index is 1.95. The van der Waals surface area contributed by atoms with Gasteiger partial charge in [0.05, 0.1) is 18.3 Å². The van der Waals surface area contributed by atoms with Crippen LogP contribution >= 0.6 is 0 Å². The van der Waals surface area contributed by atoms with Crippen LogP contribution < -0.4 is 16.6 Å². The number of rotatable bonds is 5. The second-order valence-electron chi connectivity index (χ2n) is 7.46. The Hall–Kier alpha value is -3.85. The zero-order valence-corrected chi connectivity index (χ0v) is 17.3. The van der Waals surface area contributed by atoms with Crippen LogP contribution in [0.15, 0.2) is 67.0 Å². The highest BCUT2D eigenvalue weighted by molar-refractivity contribution is 5.87. The van der Waals surface area contributed by atoms with E-state index in [4.69, 9.17) is 8.83 Å². The van der Waals surface area contributed by atoms with Gasteiger partial charge in [0.25, 0.3) is 0 Å². The number of nitrogens with one attached hydrogen (secondary N) is 1. The number of nitrogens with zero attached hydrogens (tertiary/aromatic N) is 2. The molecule has 0 saturated carbocycles. The van der Waals surface area contributed by atoms with Gasteiger partial charge in [-0.1, -0.05) is 44.2 Å². The van der Waals surface area contributed by atoms with Gasteiger partial charge in [0.1, 0.15) is 5.82 Å². The smallest absolute Gasteiger partial charge is 0.338 e. The third-order valence-electron chi connectivity index (χ3n) is 4.94. The number of anilines is 1. The molecule has 5 aromatic rings. The number of hydrogen-bond donors (Lipinski definition) is 2. The standard InChI is InChI=1S/C23H20FN3O5/c1-12(2)20-21-22(27-23(26-20)32-19(30)10-9-18(29)31-21)25-17(11-28)15-7-8-16(24)14-6-4-3-5-13(14)15/h3-10,12,17,28H,11H2,1-2H3,(H,25,26,27). The Morgan fingerprint density at radius 1 is 0.969 bits per heavy atom. The van der Waals surface area contributed by atoms with Gasteiger partial charge < -0.3 is 19.3 Å². The van der Waals surface area contributed by atoms with E-state index in [0.717, 1.165) is 12.1 Å². The summed E-state index contributed by atoms with van der Waals surface area (Å²) in [5, 5.41) is 14.2. The Morgan fingerprint density at radius 3 is 2.34 bits per heavy atom. The minimum absolute atomic E-state index is 0.0567. The normalized spacial score (nSPS) is 12.3. The molecule has 0 fully saturated rings. The molecule has 0 aliphatic rings. The minimum Gasteiger partial charge on any atom is -0.417 e. The fourth-order valence-electron chi connectivity index (χ4n) is 3.45. The fourth-order valence-corrected chi connectivity index (χ4v) is 3.45. The van der Waals surface area contributed by atoms with Gasteiger partial charge in [-0.25, -0.2) is 14.0 Å². The van der Waals surface area contributed by atoms with Crippen molar-refractivity contribution in [2.24, 2.45) is 0 Å². The van der Waals surface area contributed by atoms with Crippen LogP contribution in [-0.2, 0) is 0 Å². The molecule has 0 aliphatic heterocycles. The van der Waals surface area contributed by atoms with Crippen molar-refractivity contribution in [2.75, 3.05) is 11.9 Å². The lowest BCUT2D eigenvalue weighted by Crippen LogP contribution is -2.18. The molecule has 0 spiro atoms. The first-order valence-corrected chi connectivity index (χ1v) is 9.95. The summed E-state index contributed by atoms with van der Waals surface area (Å²) >= 11 is 0. The molecule has 1 unspecified atom stereocenters. The van der Waals surface area contributed by atoms with Crippen molar-refractivity contribution in [3.8, 4) is 0 Å². The van der Waals surface area contributed by atoms with E-state index in [9.17, 15) is 19.1 Å². The summed E-state index contributed by atoms with van der Waals surface area (Å²) in [6.45, 7) is 3.28. The van der Waals surface area contributed by atoms with E-state index < -0.39 is 17.3 Å². The first kappa shape index (κ1) is 21.4. The average Bonchev–Trinajstić information content (AvgIpc) is 2.78. The molecule has 5 rings (SSSR count). The highest BCUT2D eigenvalue weighted by Gasteiger charge is 2.21. The summed E-state index contributed by atoms with van der Waals surface area (Å²) in [6, 6.07) is 10.9. The Labute approximate surface area is 181 Å². The number of benzene rings is 2. The minimum atomic E-state index is -0.833. The van der Waals surface area contributed by atoms with E-state index >= 15 is 0 Å². The first-order valence-electron chi connectivity index (χ1n) is 9.95. The van der Waals surface area contributed by atoms with Gasteiger partial charge in [0.15, 0.2) is 11.4 Å². The molecule has 3 aromatic heterocycles. The van der Waals surface area contributed by atoms with Crippen LogP contribution in [0.5, 0.6) is 0 Å². The number of fused-ring (bicyclic) bond motifs is 8. The zero-order chi connectivity index (χ0) is 22.8. The molecule has 0 amide bonds. The van der Waals surface area contributed by atoms with Crippen molar-refractivity contribution in [3.63, 3.8) is 0 Å². The van der Waals surface area contributed by atoms with Crippen molar-refractivity contribution in [3.05, 3.63) is 86.4 Å². The monoisotopic (exact) mass is 437 g/mol. The Kier molecular flexibility index (Phi) is 5.83. The molecule has 0 radical (unpaired) electrons. The van der Waals surface area contributed by atoms with Gasteiger partial charge in [-0.3, -0.25) is 0 Å². The molecule has 8 nitrogen and oxygen atoms in total. The van der Waals surface area contributed by atoms with Crippen LogP contribution in [0.25, 0.3) is 22.2 Å². The molecule has 164 valence electrons. The van der Waals surface area contributed by atoms with E-state index in [1.54, 1.807) is 30.3 Å². The van der Waals surface area contributed by atoms with Gasteiger partial charge >= 0.3 is 17.1 Å². The van der Waals surface area contributed by atoms with Crippen LogP contribution in [0.2, 0.25) is 0 Å². The van der Waals surface area contributed by atoms with Gasteiger partial charge in [0, 0.05) is 17.5 Å². The van der Waals surface area contributed by atoms with Crippen molar-refractivity contribution >= 4 is 28.0 Å². The number of hydrogen-bond acceptors (Lipinski definition) is 8. The summed E-state index contributed by atoms with van der Waals surface area (Å²) < 4.78 is 24.8. The Morgan fingerprint density at radius 2 is 1.66 bits per heavy atom. The Bertz CT molecular complexity index is 1450. The molecule has 0 saturated heterocycles. The van der Waals surface area contributed by atoms with Crippen LogP contribution in [-0.4, -0.2) is 21.7 Å². The quantitative estimate of drug-likeness (QED) is 0.486. The summed E-state index contributed by atoms with van der Waals surface area (Å²) in [5.41, 5.74) is -0.633. The maximum atomic E-state index is 14.3. The maximum Gasteiger partial charge on any atom is 0.338 e. The highest BCUT2D eigenvalue weighted by Crippen LogP contribution is 2.31. The van der Waals surface area contributed by atoms with Crippen molar-refractivity contribution in [2.45, 2.75) is 25.8 Å². The zero-order valence-electron chi connectivity index (χ0n) is 17.3. The lowest BCUT2D eigenvalue weighted by Gasteiger charge is -2.20. The lowest BCUT2D eigenvalue weighted by molar-refractivity contribution is 0.276. The third-order valence-corrected chi connectivity index (χ3v) is 4.94. The number of aromatic nitrogens is 2. The number of aliphatic hydroxyl groups excluding tert-OH is 1. The maximum absolute atomic E-state index is 14.3. The molecule has 9 heteroatoms. The van der Waals surface area contributed by atoms with E-state index in [1.165, 1.54) is 6.07 Å². The second kappa shape index (κ2) is 8.72. The van der Waals surface area contributed by atoms with Gasteiger partial charge in [0.2, 0.25) is 0 Å². The molecule has 2 aromatic carbocycles. The van der Waals surface area contributed by atoms with Crippen LogP contribution in [0, 0.1) is 5.82 Å². The molecule has 3 heterocycles. The van der Waals surface area contributed by atoms with Crippen LogP contribution in [0.1, 0.15) is 37.1 Å². The van der Waals surface area contributed by atoms with E-state index in [1.807, 2.05) is 13.8 Å². The third kappa shape index (κ3) is 4.15. The summed E-state index contributed by atoms with van der Waals surface area (Å²) in [5.74, 6) is -0.764. The summed E-state index contributed by atoms with van der Waals surface area (Å²) in [7, 11) is 0. The second-order valence-corrected chi connectivity index (χ2v) is 7.46. The highest BCUT2D eigenvalue weighted by atomic mass is 19.1. The number of aliphatic hydroxyl groups is 1. The van der Waals surface area contributed by atoms with Crippen LogP contribution in [0.4, 0.5) is 10.2 Å². The van der Waals surface area contributed by atoms with Crippen LogP contribution in [0.3, 0.4) is 0 Å². The van der Waals surface area contributed by atoms with Gasteiger partial charge in [-0.2, -0.15) is 9.97 Å². The van der Waals surface area contributed by atoms with Crippen molar-refractivity contribution in [1.82, 2.24) is 9.97 Å². The molecular formula is C23H20FN3O5. The topological polar surface area (TPSA) is 118 Å². The molecule has 1 atom stereocenters. The molecule has 32 heavy (non-hydrogen) atoms. The molecular weight excluding hydrogens is 417 g/mol. The van der Waals surface area contributed by atoms with E-state index in [-0.39, 0.29) is 35.6 Å². The van der Waals surface area contributed by atoms with E-state index in [0.29, 0.717) is 22.0 Å². The first-order chi connectivity index (χ1) is 15.4. The summed E-state index contributed by atoms with van der Waals surface area (Å²) in [6.07, 6.45) is 0. The SMILES string of the molecule is CC(C)c1nc2nc(NC(CO)c3ccc(F)c4ccccc34)c1oc(=O)ccc(=O)o2. The lowest BCUT2D eigenvalue weighted by atomic mass is 9.98. The largest absolute Gasteiger partial charge is 0.417 e. The van der Waals surface area contributed by atoms with Gasteiger partial charge in [-0.15, -0.1) is 0 Å². The predicted molar refractivity (Wildman–Crippen MR) is 117 cm³/mol. The number of halogens is 1.